The van der Waals surface area contributed by atoms with Crippen LogP contribution in [0.15, 0.2) is 11.6 Å². The van der Waals surface area contributed by atoms with Gasteiger partial charge in [-0.2, -0.15) is 0 Å². The smallest absolute Gasteiger partial charge is 0.334 e. The Labute approximate surface area is 260 Å². The molecule has 4 N–H and O–H groups in total. The van der Waals surface area contributed by atoms with Gasteiger partial charge in [-0.05, 0) is 70.8 Å². The van der Waals surface area contributed by atoms with Crippen LogP contribution >= 0.6 is 0 Å². The third-order valence-electron chi connectivity index (χ3n) is 9.03. The molecule has 8 nitrogen and oxygen atoms in total. The van der Waals surface area contributed by atoms with Gasteiger partial charge in [0, 0.05) is 24.8 Å². The number of aliphatic hydroxyl groups is 4. The first-order valence-corrected chi connectivity index (χ1v) is 17.5. The van der Waals surface area contributed by atoms with E-state index >= 15 is 0 Å². The summed E-state index contributed by atoms with van der Waals surface area (Å²) < 4.78 is 11.0. The molecular formula is C35H62O8. The summed E-state index contributed by atoms with van der Waals surface area (Å²) in [4.78, 5) is 24.0. The Kier molecular flexibility index (Phi) is 19.6. The largest absolute Gasteiger partial charge is 0.455 e. The van der Waals surface area contributed by atoms with Gasteiger partial charge >= 0.3 is 5.97 Å². The predicted octanol–water partition coefficient (Wildman–Crippen LogP) is 6.24. The molecule has 0 radical (unpaired) electrons. The number of esters is 1. The molecule has 0 aromatic carbocycles. The summed E-state index contributed by atoms with van der Waals surface area (Å²) in [6.45, 7) is 4.08. The van der Waals surface area contributed by atoms with Crippen LogP contribution in [-0.2, 0) is 19.1 Å². The minimum atomic E-state index is -0.751. The molecule has 1 saturated heterocycles. The lowest BCUT2D eigenvalue weighted by Crippen LogP contribution is -2.33. The van der Waals surface area contributed by atoms with Crippen LogP contribution in [-0.4, -0.2) is 74.9 Å². The molecular weight excluding hydrogens is 548 g/mol. The first-order chi connectivity index (χ1) is 20.7. The van der Waals surface area contributed by atoms with Crippen molar-refractivity contribution in [2.24, 2.45) is 0 Å². The summed E-state index contributed by atoms with van der Waals surface area (Å²) in [5, 5.41) is 41.8. The van der Waals surface area contributed by atoms with Gasteiger partial charge < -0.3 is 29.9 Å². The van der Waals surface area contributed by atoms with E-state index in [1.807, 2.05) is 13.0 Å². The maximum absolute atomic E-state index is 12.4. The van der Waals surface area contributed by atoms with Crippen LogP contribution in [0.4, 0.5) is 0 Å². The average molecular weight is 611 g/mol. The molecule has 0 aromatic rings. The highest BCUT2D eigenvalue weighted by Gasteiger charge is 2.35. The summed E-state index contributed by atoms with van der Waals surface area (Å²) in [5.74, 6) is -0.130. The van der Waals surface area contributed by atoms with Crippen LogP contribution in [0, 0.1) is 0 Å². The minimum Gasteiger partial charge on any atom is -0.455 e. The standard InChI is InChI=1S/C35H62O8/c1-3-4-5-6-7-8-9-12-17-30(38)25-32(40)34-23-22-33(43-34)31(39)21-20-29(37)19-14-18-28(36)16-13-10-11-15-27-24-26(2)42-35(27)41/h24,26,28,30-34,36,38-40H,3-23,25H2,1-2H3/t26-,28-,30+,31-,32-,33+,34+/m1/s1. The summed E-state index contributed by atoms with van der Waals surface area (Å²) in [5.41, 5.74) is 0.757. The van der Waals surface area contributed by atoms with E-state index in [1.54, 1.807) is 0 Å². The monoisotopic (exact) mass is 610 g/mol. The van der Waals surface area contributed by atoms with E-state index in [2.05, 4.69) is 6.92 Å². The highest BCUT2D eigenvalue weighted by molar-refractivity contribution is 5.90. The molecule has 8 heteroatoms. The van der Waals surface area contributed by atoms with E-state index in [0.29, 0.717) is 57.8 Å². The van der Waals surface area contributed by atoms with Crippen molar-refractivity contribution < 1.29 is 39.5 Å². The van der Waals surface area contributed by atoms with E-state index in [-0.39, 0.29) is 30.4 Å². The maximum Gasteiger partial charge on any atom is 0.334 e. The zero-order chi connectivity index (χ0) is 31.5. The molecule has 0 aliphatic carbocycles. The quantitative estimate of drug-likeness (QED) is 0.0668. The van der Waals surface area contributed by atoms with Crippen molar-refractivity contribution >= 4 is 11.8 Å². The molecule has 1 fully saturated rings. The lowest BCUT2D eigenvalue weighted by molar-refractivity contribution is -0.139. The van der Waals surface area contributed by atoms with E-state index in [9.17, 15) is 30.0 Å². The molecule has 7 atom stereocenters. The normalized spacial score (nSPS) is 23.2. The molecule has 2 aliphatic heterocycles. The van der Waals surface area contributed by atoms with Gasteiger partial charge in [0.1, 0.15) is 11.9 Å². The minimum absolute atomic E-state index is 0.0795. The molecule has 0 aromatic heterocycles. The van der Waals surface area contributed by atoms with Gasteiger partial charge in [0.2, 0.25) is 0 Å². The van der Waals surface area contributed by atoms with E-state index in [4.69, 9.17) is 9.47 Å². The Hall–Kier alpha value is -1.32. The number of carbonyl (C=O) groups is 2. The fourth-order valence-electron chi connectivity index (χ4n) is 6.30. The van der Waals surface area contributed by atoms with Gasteiger partial charge in [-0.1, -0.05) is 71.1 Å². The third-order valence-corrected chi connectivity index (χ3v) is 9.03. The van der Waals surface area contributed by atoms with Crippen molar-refractivity contribution in [2.75, 3.05) is 0 Å². The Balaban J connectivity index is 1.47. The molecule has 0 bridgehead atoms. The van der Waals surface area contributed by atoms with Gasteiger partial charge in [0.15, 0.2) is 0 Å². The predicted molar refractivity (Wildman–Crippen MR) is 169 cm³/mol. The van der Waals surface area contributed by atoms with Crippen molar-refractivity contribution in [1.29, 1.82) is 0 Å². The van der Waals surface area contributed by atoms with Crippen molar-refractivity contribution in [3.8, 4) is 0 Å². The van der Waals surface area contributed by atoms with Crippen molar-refractivity contribution in [1.82, 2.24) is 0 Å². The van der Waals surface area contributed by atoms with Crippen LogP contribution < -0.4 is 0 Å². The lowest BCUT2D eigenvalue weighted by atomic mass is 9.98. The number of cyclic esters (lactones) is 1. The maximum atomic E-state index is 12.4. The number of hydrogen-bond donors (Lipinski definition) is 4. The molecule has 0 saturated carbocycles. The Morgan fingerprint density at radius 2 is 1.35 bits per heavy atom. The molecule has 0 spiro atoms. The summed E-state index contributed by atoms with van der Waals surface area (Å²) in [7, 11) is 0. The highest BCUT2D eigenvalue weighted by atomic mass is 16.5. The summed E-state index contributed by atoms with van der Waals surface area (Å²) >= 11 is 0. The number of aliphatic hydroxyl groups excluding tert-OH is 4. The average Bonchev–Trinajstić information content (AvgIpc) is 3.59. The second-order valence-corrected chi connectivity index (χ2v) is 13.1. The van der Waals surface area contributed by atoms with Crippen molar-refractivity contribution in [3.05, 3.63) is 11.6 Å². The Morgan fingerprint density at radius 1 is 0.767 bits per heavy atom. The molecule has 0 amide bonds. The van der Waals surface area contributed by atoms with Crippen LogP contribution in [0.2, 0.25) is 0 Å². The van der Waals surface area contributed by atoms with Crippen molar-refractivity contribution in [2.45, 2.75) is 198 Å². The Morgan fingerprint density at radius 3 is 2.00 bits per heavy atom. The first kappa shape index (κ1) is 37.9. The zero-order valence-corrected chi connectivity index (χ0v) is 27.1. The van der Waals surface area contributed by atoms with Gasteiger partial charge in [0.05, 0.1) is 36.6 Å². The molecule has 2 aliphatic rings. The van der Waals surface area contributed by atoms with Crippen LogP contribution in [0.3, 0.4) is 0 Å². The van der Waals surface area contributed by atoms with Gasteiger partial charge in [-0.3, -0.25) is 4.79 Å². The number of carbonyl (C=O) groups excluding carboxylic acids is 2. The van der Waals surface area contributed by atoms with Gasteiger partial charge in [0.25, 0.3) is 0 Å². The number of ether oxygens (including phenoxy) is 2. The summed E-state index contributed by atoms with van der Waals surface area (Å²) in [6, 6.07) is 0. The number of rotatable bonds is 26. The van der Waals surface area contributed by atoms with Crippen molar-refractivity contribution in [3.63, 3.8) is 0 Å². The second-order valence-electron chi connectivity index (χ2n) is 13.1. The fourth-order valence-corrected chi connectivity index (χ4v) is 6.30. The van der Waals surface area contributed by atoms with Gasteiger partial charge in [-0.15, -0.1) is 0 Å². The van der Waals surface area contributed by atoms with E-state index in [0.717, 1.165) is 44.1 Å². The molecule has 2 rings (SSSR count). The fraction of sp³-hybridized carbons (Fsp3) is 0.886. The second kappa shape index (κ2) is 22.2. The summed E-state index contributed by atoms with van der Waals surface area (Å²) in [6.07, 6.45) is 16.8. The molecule has 250 valence electrons. The molecule has 2 heterocycles. The molecule has 0 unspecified atom stereocenters. The Bertz CT molecular complexity index is 799. The number of Topliss-reactive ketones (excluding diaryl/α,β-unsaturated/α-hetero) is 1. The number of ketones is 1. The van der Waals surface area contributed by atoms with E-state index < -0.39 is 30.5 Å². The van der Waals surface area contributed by atoms with Crippen LogP contribution in [0.5, 0.6) is 0 Å². The lowest BCUT2D eigenvalue weighted by Gasteiger charge is -2.23. The topological polar surface area (TPSA) is 134 Å². The zero-order valence-electron chi connectivity index (χ0n) is 27.1. The SMILES string of the molecule is CCCCCCCCCC[C@H](O)C[C@@H](O)[C@@H]1CC[C@@H]([C@H](O)CCC(=O)CCC[C@H](O)CCCCCC2=C[C@@H](C)OC2=O)O1. The van der Waals surface area contributed by atoms with E-state index in [1.165, 1.54) is 38.5 Å². The molecule has 43 heavy (non-hydrogen) atoms. The highest BCUT2D eigenvalue weighted by Crippen LogP contribution is 2.28. The van der Waals surface area contributed by atoms with Crippen LogP contribution in [0.1, 0.15) is 155 Å². The van der Waals surface area contributed by atoms with Gasteiger partial charge in [-0.25, -0.2) is 4.79 Å². The third kappa shape index (κ3) is 16.5. The number of hydrogen-bond acceptors (Lipinski definition) is 8. The number of unbranched alkanes of at least 4 members (excludes halogenated alkanes) is 9. The van der Waals surface area contributed by atoms with Crippen LogP contribution in [0.25, 0.3) is 0 Å². The first-order valence-electron chi connectivity index (χ1n) is 17.5.